The molecule has 0 aliphatic carbocycles. The number of halogens is 1. The summed E-state index contributed by atoms with van der Waals surface area (Å²) in [5.41, 5.74) is 0.698. The van der Waals surface area contributed by atoms with Gasteiger partial charge in [0.1, 0.15) is 4.90 Å². The Morgan fingerprint density at radius 1 is 1.20 bits per heavy atom. The minimum Gasteiger partial charge on any atom is -0.481 e. The number of sulfonamides is 1. The lowest BCUT2D eigenvalue weighted by molar-refractivity contribution is 0.397. The Kier molecular flexibility index (Phi) is 4.48. The highest BCUT2D eigenvalue weighted by Crippen LogP contribution is 2.10. The second kappa shape index (κ2) is 6.12. The summed E-state index contributed by atoms with van der Waals surface area (Å²) in [6.07, 6.45) is 3.81. The molecule has 0 saturated carbocycles. The topological polar surface area (TPSA) is 94.1 Å². The average Bonchev–Trinajstić information content (AvgIpc) is 2.46. The van der Waals surface area contributed by atoms with Crippen LogP contribution in [0.2, 0.25) is 5.28 Å². The molecule has 0 aromatic carbocycles. The van der Waals surface area contributed by atoms with Crippen LogP contribution in [0.5, 0.6) is 5.88 Å². The number of pyridine rings is 1. The van der Waals surface area contributed by atoms with Gasteiger partial charge in [-0.3, -0.25) is 0 Å². The third-order valence-corrected chi connectivity index (χ3v) is 3.93. The van der Waals surface area contributed by atoms with Crippen LogP contribution in [0, 0.1) is 0 Å². The Bertz CT molecular complexity index is 674. The van der Waals surface area contributed by atoms with Gasteiger partial charge in [0, 0.05) is 18.8 Å². The molecule has 106 valence electrons. The van der Waals surface area contributed by atoms with Gasteiger partial charge in [0.25, 0.3) is 0 Å². The van der Waals surface area contributed by atoms with Crippen molar-refractivity contribution in [1.29, 1.82) is 0 Å². The van der Waals surface area contributed by atoms with Gasteiger partial charge in [-0.1, -0.05) is 6.07 Å². The first-order valence-electron chi connectivity index (χ1n) is 5.47. The van der Waals surface area contributed by atoms with E-state index in [1.807, 2.05) is 0 Å². The van der Waals surface area contributed by atoms with Crippen molar-refractivity contribution in [3.63, 3.8) is 0 Å². The zero-order chi connectivity index (χ0) is 14.6. The minimum atomic E-state index is -3.68. The maximum Gasteiger partial charge on any atom is 0.243 e. The zero-order valence-electron chi connectivity index (χ0n) is 10.4. The fraction of sp³-hybridized carbons (Fsp3) is 0.182. The molecule has 0 aliphatic heterocycles. The molecule has 0 unspecified atom stereocenters. The molecule has 0 amide bonds. The first kappa shape index (κ1) is 14.6. The molecule has 7 nitrogen and oxygen atoms in total. The van der Waals surface area contributed by atoms with Gasteiger partial charge in [0.15, 0.2) is 0 Å². The van der Waals surface area contributed by atoms with Crippen LogP contribution in [-0.4, -0.2) is 30.5 Å². The van der Waals surface area contributed by atoms with Crippen LogP contribution < -0.4 is 9.46 Å². The van der Waals surface area contributed by atoms with Gasteiger partial charge in [-0.05, 0) is 17.2 Å². The summed E-state index contributed by atoms with van der Waals surface area (Å²) < 4.78 is 31.3. The van der Waals surface area contributed by atoms with E-state index in [1.54, 1.807) is 12.1 Å². The molecule has 2 rings (SSSR count). The van der Waals surface area contributed by atoms with E-state index in [9.17, 15) is 8.42 Å². The molecule has 2 aromatic rings. The molecule has 0 radical (unpaired) electrons. The lowest BCUT2D eigenvalue weighted by Gasteiger charge is -2.06. The van der Waals surface area contributed by atoms with Gasteiger partial charge in [0.2, 0.25) is 21.2 Å². The van der Waals surface area contributed by atoms with Crippen LogP contribution in [-0.2, 0) is 16.6 Å². The molecule has 9 heteroatoms. The van der Waals surface area contributed by atoms with Crippen molar-refractivity contribution in [2.75, 3.05) is 7.11 Å². The third kappa shape index (κ3) is 3.62. The van der Waals surface area contributed by atoms with E-state index in [0.29, 0.717) is 11.4 Å². The zero-order valence-corrected chi connectivity index (χ0v) is 12.0. The molecule has 0 fully saturated rings. The molecule has 0 spiro atoms. The normalized spacial score (nSPS) is 11.3. The summed E-state index contributed by atoms with van der Waals surface area (Å²) in [4.78, 5) is 11.2. The van der Waals surface area contributed by atoms with Crippen molar-refractivity contribution in [3.05, 3.63) is 41.6 Å². The van der Waals surface area contributed by atoms with Crippen LogP contribution in [0.15, 0.2) is 35.6 Å². The summed E-state index contributed by atoms with van der Waals surface area (Å²) in [6.45, 7) is 0.0992. The van der Waals surface area contributed by atoms with Gasteiger partial charge in [-0.15, -0.1) is 0 Å². The predicted octanol–water partition coefficient (Wildman–Crippen LogP) is 1.01. The molecule has 2 heterocycles. The summed E-state index contributed by atoms with van der Waals surface area (Å²) in [6, 6.07) is 3.36. The van der Waals surface area contributed by atoms with E-state index in [0.717, 1.165) is 12.4 Å². The first-order valence-corrected chi connectivity index (χ1v) is 7.33. The van der Waals surface area contributed by atoms with Crippen molar-refractivity contribution >= 4 is 21.6 Å². The molecule has 0 atom stereocenters. The summed E-state index contributed by atoms with van der Waals surface area (Å²) in [5.74, 6) is 0.461. The summed E-state index contributed by atoms with van der Waals surface area (Å²) in [5, 5.41) is -0.0108. The predicted molar refractivity (Wildman–Crippen MR) is 71.9 cm³/mol. The monoisotopic (exact) mass is 314 g/mol. The Balaban J connectivity index is 2.06. The number of nitrogens with one attached hydrogen (secondary N) is 1. The van der Waals surface area contributed by atoms with Crippen molar-refractivity contribution in [3.8, 4) is 5.88 Å². The van der Waals surface area contributed by atoms with Crippen LogP contribution in [0.3, 0.4) is 0 Å². The van der Waals surface area contributed by atoms with Crippen LogP contribution in [0.25, 0.3) is 0 Å². The molecule has 0 saturated heterocycles. The maximum atomic E-state index is 12.0. The van der Waals surface area contributed by atoms with Gasteiger partial charge < -0.3 is 4.74 Å². The van der Waals surface area contributed by atoms with E-state index in [4.69, 9.17) is 16.3 Å². The van der Waals surface area contributed by atoms with E-state index in [-0.39, 0.29) is 16.7 Å². The molecule has 0 aliphatic rings. The molecular weight excluding hydrogens is 304 g/mol. The number of rotatable bonds is 5. The number of nitrogens with zero attached hydrogens (tertiary/aromatic N) is 3. The molecule has 20 heavy (non-hydrogen) atoms. The van der Waals surface area contributed by atoms with Crippen molar-refractivity contribution < 1.29 is 13.2 Å². The summed E-state index contributed by atoms with van der Waals surface area (Å²) in [7, 11) is -2.18. The quantitative estimate of drug-likeness (QED) is 0.828. The Hall–Kier alpha value is -1.77. The van der Waals surface area contributed by atoms with E-state index in [1.165, 1.54) is 13.3 Å². The molecule has 1 N–H and O–H groups in total. The fourth-order valence-corrected chi connectivity index (χ4v) is 2.34. The van der Waals surface area contributed by atoms with Gasteiger partial charge >= 0.3 is 0 Å². The Labute approximate surface area is 121 Å². The third-order valence-electron chi connectivity index (χ3n) is 2.38. The van der Waals surface area contributed by atoms with E-state index in [2.05, 4.69) is 19.7 Å². The SMILES string of the molecule is COc1ccc(CNS(=O)(=O)c2cnc(Cl)nc2)cn1. The van der Waals surface area contributed by atoms with Crippen molar-refractivity contribution in [2.24, 2.45) is 0 Å². The van der Waals surface area contributed by atoms with Crippen LogP contribution in [0.4, 0.5) is 0 Å². The minimum absolute atomic E-state index is 0.0108. The number of aromatic nitrogens is 3. The van der Waals surface area contributed by atoms with Crippen LogP contribution >= 0.6 is 11.6 Å². The molecular formula is C11H11ClN4O3S. The van der Waals surface area contributed by atoms with Crippen LogP contribution in [0.1, 0.15) is 5.56 Å². The van der Waals surface area contributed by atoms with E-state index >= 15 is 0 Å². The first-order chi connectivity index (χ1) is 9.51. The maximum absolute atomic E-state index is 12.0. The smallest absolute Gasteiger partial charge is 0.243 e. The number of hydrogen-bond donors (Lipinski definition) is 1. The number of ether oxygens (including phenoxy) is 1. The number of methoxy groups -OCH3 is 1. The fourth-order valence-electron chi connectivity index (χ4n) is 1.34. The molecule has 2 aromatic heterocycles. The van der Waals surface area contributed by atoms with Gasteiger partial charge in [-0.2, -0.15) is 0 Å². The highest BCUT2D eigenvalue weighted by molar-refractivity contribution is 7.89. The lowest BCUT2D eigenvalue weighted by atomic mass is 10.3. The highest BCUT2D eigenvalue weighted by Gasteiger charge is 2.14. The Morgan fingerprint density at radius 3 is 2.45 bits per heavy atom. The summed E-state index contributed by atoms with van der Waals surface area (Å²) >= 11 is 5.51. The standard InChI is InChI=1S/C11H11ClN4O3S/c1-19-10-3-2-8(4-13-10)5-16-20(17,18)9-6-14-11(12)15-7-9/h2-4,6-7,16H,5H2,1H3. The average molecular weight is 315 g/mol. The van der Waals surface area contributed by atoms with Gasteiger partial charge in [0.05, 0.1) is 19.5 Å². The highest BCUT2D eigenvalue weighted by atomic mass is 35.5. The number of hydrogen-bond acceptors (Lipinski definition) is 6. The lowest BCUT2D eigenvalue weighted by Crippen LogP contribution is -2.23. The Morgan fingerprint density at radius 2 is 1.90 bits per heavy atom. The van der Waals surface area contributed by atoms with E-state index < -0.39 is 10.0 Å². The molecule has 0 bridgehead atoms. The second-order valence-electron chi connectivity index (χ2n) is 3.72. The van der Waals surface area contributed by atoms with Gasteiger partial charge in [-0.25, -0.2) is 28.1 Å². The van der Waals surface area contributed by atoms with Crippen molar-refractivity contribution in [2.45, 2.75) is 11.4 Å². The largest absolute Gasteiger partial charge is 0.481 e. The van der Waals surface area contributed by atoms with Crippen molar-refractivity contribution in [1.82, 2.24) is 19.7 Å². The second-order valence-corrected chi connectivity index (χ2v) is 5.83.